The molecule has 0 radical (unpaired) electrons. The van der Waals surface area contributed by atoms with Gasteiger partial charge in [-0.25, -0.2) is 13.8 Å². The number of ether oxygens (including phenoxy) is 1. The number of pyridine rings is 1. The molecule has 4 bridgehead atoms. The van der Waals surface area contributed by atoms with E-state index in [9.17, 15) is 9.65 Å². The van der Waals surface area contributed by atoms with Gasteiger partial charge in [0.1, 0.15) is 22.4 Å². The second-order valence-corrected chi connectivity index (χ2v) is 13.5. The highest BCUT2D eigenvalue weighted by atomic mass is 32.1. The van der Waals surface area contributed by atoms with E-state index in [1.54, 1.807) is 0 Å². The molecule has 6 aliphatic rings. The Bertz CT molecular complexity index is 1880. The van der Waals surface area contributed by atoms with Gasteiger partial charge in [0.2, 0.25) is 5.95 Å². The van der Waals surface area contributed by atoms with Crippen LogP contribution in [-0.4, -0.2) is 77.2 Å². The van der Waals surface area contributed by atoms with Gasteiger partial charge in [-0.05, 0) is 37.4 Å². The predicted octanol–water partition coefficient (Wildman–Crippen LogP) is 3.50. The minimum atomic E-state index is -0.596. The average Bonchev–Trinajstić information content (AvgIpc) is 3.67. The van der Waals surface area contributed by atoms with E-state index in [0.29, 0.717) is 16.9 Å². The largest absolute Gasteiger partial charge is 0.389 e. The van der Waals surface area contributed by atoms with Crippen LogP contribution in [0, 0.1) is 23.0 Å². The summed E-state index contributed by atoms with van der Waals surface area (Å²) in [6.07, 6.45) is 4.24. The molecule has 6 aliphatic heterocycles. The van der Waals surface area contributed by atoms with Crippen molar-refractivity contribution >= 4 is 49.1 Å². The van der Waals surface area contributed by atoms with Crippen LogP contribution < -0.4 is 20.9 Å². The van der Waals surface area contributed by atoms with Gasteiger partial charge < -0.3 is 30.5 Å². The Balaban J connectivity index is 1.35. The van der Waals surface area contributed by atoms with Gasteiger partial charge in [-0.15, -0.1) is 11.3 Å². The highest BCUT2D eigenvalue weighted by Crippen LogP contribution is 2.48. The molecule has 3 N–H and O–H groups in total. The van der Waals surface area contributed by atoms with E-state index in [4.69, 9.17) is 20.4 Å². The van der Waals surface area contributed by atoms with Crippen LogP contribution in [0.1, 0.15) is 36.0 Å². The average molecular weight is 602 g/mol. The molecule has 13 heteroatoms. The fourth-order valence-electron chi connectivity index (χ4n) is 8.21. The lowest BCUT2D eigenvalue weighted by molar-refractivity contribution is 0.135. The summed E-state index contributed by atoms with van der Waals surface area (Å²) in [6.45, 7) is 3.96. The number of nitrogens with two attached hydrogens (primary N) is 1. The molecule has 5 saturated heterocycles. The van der Waals surface area contributed by atoms with E-state index in [-0.39, 0.29) is 74.8 Å². The summed E-state index contributed by atoms with van der Waals surface area (Å²) < 4.78 is 38.4. The minimum absolute atomic E-state index is 0.105. The minimum Gasteiger partial charge on any atom is -0.389 e. The van der Waals surface area contributed by atoms with Crippen molar-refractivity contribution in [3.05, 3.63) is 34.5 Å². The van der Waals surface area contributed by atoms with Crippen molar-refractivity contribution in [2.45, 2.75) is 56.6 Å². The Hall–Kier alpha value is -3.70. The number of hydrogen-bond donors (Lipinski definition) is 2. The van der Waals surface area contributed by atoms with E-state index in [2.05, 4.69) is 38.1 Å². The molecule has 0 saturated carbocycles. The number of nitrogens with one attached hydrogen (secondary N) is 1. The number of nitriles is 1. The summed E-state index contributed by atoms with van der Waals surface area (Å²) in [7, 11) is 2.12. The number of likely N-dealkylation sites (N-methyl/N-ethyl adjacent to an activating group) is 1. The predicted molar refractivity (Wildman–Crippen MR) is 160 cm³/mol. The number of fused-ring (bicyclic) bond motifs is 8. The van der Waals surface area contributed by atoms with Crippen molar-refractivity contribution in [1.29, 1.82) is 5.26 Å². The molecule has 220 valence electrons. The number of anilines is 3. The number of rotatable bonds is 3. The summed E-state index contributed by atoms with van der Waals surface area (Å²) in [6, 6.07) is 3.17. The van der Waals surface area contributed by atoms with Crippen LogP contribution in [0.2, 0.25) is 0 Å². The molecule has 10 rings (SSSR count). The third-order valence-corrected chi connectivity index (χ3v) is 11.1. The highest BCUT2D eigenvalue weighted by Gasteiger charge is 2.47. The van der Waals surface area contributed by atoms with Crippen LogP contribution >= 0.6 is 11.3 Å². The van der Waals surface area contributed by atoms with Crippen molar-refractivity contribution < 1.29 is 13.5 Å². The number of halogens is 2. The number of aromatic nitrogens is 3. The van der Waals surface area contributed by atoms with Gasteiger partial charge in [0.05, 0.1) is 40.8 Å². The first-order valence-corrected chi connectivity index (χ1v) is 15.6. The quantitative estimate of drug-likeness (QED) is 0.361. The van der Waals surface area contributed by atoms with Crippen molar-refractivity contribution in [1.82, 2.24) is 25.2 Å². The molecule has 1 aromatic carbocycles. The lowest BCUT2D eigenvalue weighted by Crippen LogP contribution is -2.68. The number of benzene rings is 1. The number of piperidine rings is 1. The molecule has 43 heavy (non-hydrogen) atoms. The molecular formula is C30H29F2N9OS. The van der Waals surface area contributed by atoms with Crippen LogP contribution in [0.5, 0.6) is 0 Å². The zero-order chi connectivity index (χ0) is 29.1. The monoisotopic (exact) mass is 601 g/mol. The summed E-state index contributed by atoms with van der Waals surface area (Å²) in [5.41, 5.74) is 8.31. The molecule has 5 fully saturated rings. The van der Waals surface area contributed by atoms with Gasteiger partial charge in [0, 0.05) is 61.3 Å². The molecule has 0 amide bonds. The van der Waals surface area contributed by atoms with Crippen LogP contribution in [0.25, 0.3) is 32.2 Å². The lowest BCUT2D eigenvalue weighted by Gasteiger charge is -2.55. The summed E-state index contributed by atoms with van der Waals surface area (Å²) in [5, 5.41) is 14.6. The van der Waals surface area contributed by atoms with Gasteiger partial charge in [-0.3, -0.25) is 4.98 Å². The number of thiophene rings is 1. The molecule has 10 nitrogen and oxygen atoms in total. The first kappa shape index (κ1) is 25.8. The second kappa shape index (κ2) is 9.15. The van der Waals surface area contributed by atoms with Crippen LogP contribution in [0.15, 0.2) is 6.20 Å². The molecule has 4 unspecified atom stereocenters. The van der Waals surface area contributed by atoms with Crippen molar-refractivity contribution in [3.8, 4) is 17.3 Å². The molecule has 4 atom stereocenters. The lowest BCUT2D eigenvalue weighted by atomic mass is 9.88. The van der Waals surface area contributed by atoms with Gasteiger partial charge in [0.15, 0.2) is 11.6 Å². The summed E-state index contributed by atoms with van der Waals surface area (Å²) in [4.78, 5) is 21.6. The van der Waals surface area contributed by atoms with E-state index in [0.717, 1.165) is 74.4 Å². The maximum absolute atomic E-state index is 17.3. The summed E-state index contributed by atoms with van der Waals surface area (Å²) >= 11 is 0.974. The van der Waals surface area contributed by atoms with Gasteiger partial charge in [-0.2, -0.15) is 10.2 Å². The Labute approximate surface area is 250 Å². The van der Waals surface area contributed by atoms with E-state index in [1.807, 2.05) is 0 Å². The van der Waals surface area contributed by atoms with Crippen molar-refractivity contribution in [2.24, 2.45) is 0 Å². The van der Waals surface area contributed by atoms with Crippen LogP contribution in [0.4, 0.5) is 25.5 Å². The highest BCUT2D eigenvalue weighted by molar-refractivity contribution is 7.23. The normalized spacial score (nSPS) is 26.3. The molecule has 9 heterocycles. The third kappa shape index (κ3) is 3.49. The van der Waals surface area contributed by atoms with E-state index in [1.165, 1.54) is 0 Å². The fourth-order valence-corrected chi connectivity index (χ4v) is 9.13. The maximum Gasteiger partial charge on any atom is 0.228 e. The van der Waals surface area contributed by atoms with E-state index >= 15 is 4.39 Å². The first-order valence-electron chi connectivity index (χ1n) is 14.8. The first-order chi connectivity index (χ1) is 20.9. The number of nitrogens with zero attached hydrogens (tertiary/aromatic N) is 7. The Morgan fingerprint density at radius 2 is 1.79 bits per heavy atom. The number of hydrogen-bond acceptors (Lipinski definition) is 11. The zero-order valence-electron chi connectivity index (χ0n) is 23.5. The van der Waals surface area contributed by atoms with Crippen molar-refractivity contribution in [2.75, 3.05) is 48.8 Å². The fraction of sp³-hybridized carbons (Fsp3) is 0.467. The Morgan fingerprint density at radius 1 is 1.05 bits per heavy atom. The number of piperazine rings is 2. The van der Waals surface area contributed by atoms with E-state index < -0.39 is 11.6 Å². The zero-order valence-corrected chi connectivity index (χ0v) is 24.3. The van der Waals surface area contributed by atoms with Crippen LogP contribution in [-0.2, 0) is 18.0 Å². The smallest absolute Gasteiger partial charge is 0.228 e. The molecule has 0 aliphatic carbocycles. The van der Waals surface area contributed by atoms with Gasteiger partial charge in [-0.1, -0.05) is 0 Å². The molecular weight excluding hydrogens is 572 g/mol. The molecule has 4 aromatic rings. The SMILES string of the molecule is CN1CC2CC(C1)N2c1nc(N2C3CCC2CNC3)c2c3c(c(-c4ncc(F)c5sc(N)c(C#N)c45)c(F)c2n1)COC3. The number of nitrogen functional groups attached to an aromatic ring is 1. The Kier molecular flexibility index (Phi) is 5.48. The standard InChI is InChI=1S/C30H29F2N9OS/c1-39-9-15-4-16(10-39)41(15)30-37-26-23(29(38-30)40-13-2-3-14(40)7-35-6-13)19-12-42-11-18(19)21(24(26)32)25-22-17(5-33)28(34)43-27(22)20(31)8-36-25/h8,13-16,35H,2-4,6-7,9-12,34H2,1H3. The summed E-state index contributed by atoms with van der Waals surface area (Å²) in [5.74, 6) is 0.173. The maximum atomic E-state index is 17.3. The molecule has 3 aromatic heterocycles. The third-order valence-electron chi connectivity index (χ3n) is 10.0. The molecule has 0 spiro atoms. The van der Waals surface area contributed by atoms with Crippen LogP contribution in [0.3, 0.4) is 0 Å². The van der Waals surface area contributed by atoms with Gasteiger partial charge in [0.25, 0.3) is 0 Å². The second-order valence-electron chi connectivity index (χ2n) is 12.4. The topological polar surface area (TPSA) is 119 Å². The Morgan fingerprint density at radius 3 is 2.53 bits per heavy atom. The van der Waals surface area contributed by atoms with Crippen molar-refractivity contribution in [3.63, 3.8) is 0 Å². The van der Waals surface area contributed by atoms with Gasteiger partial charge >= 0.3 is 0 Å².